The van der Waals surface area contributed by atoms with E-state index in [-0.39, 0.29) is 21.4 Å². The van der Waals surface area contributed by atoms with Crippen molar-refractivity contribution in [1.82, 2.24) is 0 Å². The molecule has 0 spiro atoms. The fourth-order valence-corrected chi connectivity index (χ4v) is 2.97. The first-order chi connectivity index (χ1) is 10.3. The zero-order valence-corrected chi connectivity index (χ0v) is 12.3. The molecule has 2 aromatic rings. The molecule has 4 nitrogen and oxygen atoms in total. The number of halogens is 4. The van der Waals surface area contributed by atoms with Crippen molar-refractivity contribution in [1.29, 1.82) is 0 Å². The number of nitrogens with one attached hydrogen (secondary N) is 1. The molecule has 0 saturated heterocycles. The van der Waals surface area contributed by atoms with E-state index in [0.717, 1.165) is 24.3 Å². The normalized spacial score (nSPS) is 11.5. The number of benzene rings is 2. The minimum absolute atomic E-state index is 0.244. The van der Waals surface area contributed by atoms with Gasteiger partial charge in [0.25, 0.3) is 10.0 Å². The Morgan fingerprint density at radius 1 is 1.14 bits per heavy atom. The van der Waals surface area contributed by atoms with E-state index in [1.807, 2.05) is 4.72 Å². The van der Waals surface area contributed by atoms with E-state index in [2.05, 4.69) is 4.74 Å². The van der Waals surface area contributed by atoms with Crippen LogP contribution in [-0.2, 0) is 10.0 Å². The van der Waals surface area contributed by atoms with E-state index < -0.39 is 22.5 Å². The lowest BCUT2D eigenvalue weighted by Gasteiger charge is -2.11. The third-order valence-corrected chi connectivity index (χ3v) is 4.21. The van der Waals surface area contributed by atoms with Crippen molar-refractivity contribution in [2.24, 2.45) is 0 Å². The Balaban J connectivity index is 2.30. The summed E-state index contributed by atoms with van der Waals surface area (Å²) in [5, 5.41) is -0.309. The predicted octanol–water partition coefficient (Wildman–Crippen LogP) is 3.88. The molecule has 0 saturated carbocycles. The Morgan fingerprint density at radius 3 is 2.41 bits per heavy atom. The van der Waals surface area contributed by atoms with Gasteiger partial charge in [-0.2, -0.15) is 8.78 Å². The highest BCUT2D eigenvalue weighted by Crippen LogP contribution is 2.29. The van der Waals surface area contributed by atoms with E-state index in [4.69, 9.17) is 11.6 Å². The van der Waals surface area contributed by atoms with Crippen molar-refractivity contribution in [2.75, 3.05) is 4.72 Å². The maximum atomic E-state index is 13.5. The highest BCUT2D eigenvalue weighted by molar-refractivity contribution is 7.92. The van der Waals surface area contributed by atoms with E-state index >= 15 is 0 Å². The van der Waals surface area contributed by atoms with Crippen LogP contribution in [0.4, 0.5) is 18.9 Å². The van der Waals surface area contributed by atoms with Gasteiger partial charge < -0.3 is 4.74 Å². The molecule has 22 heavy (non-hydrogen) atoms. The van der Waals surface area contributed by atoms with Crippen molar-refractivity contribution in [2.45, 2.75) is 11.5 Å². The topological polar surface area (TPSA) is 55.4 Å². The molecule has 0 bridgehead atoms. The van der Waals surface area contributed by atoms with Gasteiger partial charge in [0.05, 0.1) is 15.6 Å². The SMILES string of the molecule is O=S(=O)(Nc1ccccc1F)c1ccc(OC(F)F)c(Cl)c1. The van der Waals surface area contributed by atoms with Gasteiger partial charge in [-0.25, -0.2) is 12.8 Å². The van der Waals surface area contributed by atoms with E-state index in [0.29, 0.717) is 0 Å². The molecule has 0 amide bonds. The first-order valence-electron chi connectivity index (χ1n) is 5.81. The summed E-state index contributed by atoms with van der Waals surface area (Å²) in [6, 6.07) is 8.13. The van der Waals surface area contributed by atoms with Crippen LogP contribution in [0.25, 0.3) is 0 Å². The van der Waals surface area contributed by atoms with Gasteiger partial charge in [0.2, 0.25) is 0 Å². The van der Waals surface area contributed by atoms with Gasteiger partial charge in [0.1, 0.15) is 11.6 Å². The molecular weight excluding hydrogens is 343 g/mol. The Labute approximate surface area is 129 Å². The van der Waals surface area contributed by atoms with Gasteiger partial charge in [0.15, 0.2) is 0 Å². The van der Waals surface area contributed by atoms with Gasteiger partial charge in [-0.05, 0) is 30.3 Å². The number of alkyl halides is 2. The average molecular weight is 352 g/mol. The molecule has 2 aromatic carbocycles. The Bertz CT molecular complexity index is 784. The third-order valence-electron chi connectivity index (χ3n) is 2.55. The predicted molar refractivity (Wildman–Crippen MR) is 75.3 cm³/mol. The van der Waals surface area contributed by atoms with Gasteiger partial charge in [-0.3, -0.25) is 4.72 Å². The molecule has 2 rings (SSSR count). The van der Waals surface area contributed by atoms with Crippen LogP contribution < -0.4 is 9.46 Å². The number of sulfonamides is 1. The summed E-state index contributed by atoms with van der Waals surface area (Å²) in [5.41, 5.74) is -0.244. The smallest absolute Gasteiger partial charge is 0.387 e. The highest BCUT2D eigenvalue weighted by atomic mass is 35.5. The summed E-state index contributed by atoms with van der Waals surface area (Å²) >= 11 is 5.69. The number of hydrogen-bond donors (Lipinski definition) is 1. The van der Waals surface area contributed by atoms with Crippen LogP contribution in [0.1, 0.15) is 0 Å². The Morgan fingerprint density at radius 2 is 1.82 bits per heavy atom. The largest absolute Gasteiger partial charge is 0.433 e. The second kappa shape index (κ2) is 6.45. The van der Waals surface area contributed by atoms with Crippen molar-refractivity contribution in [3.63, 3.8) is 0 Å². The minimum atomic E-state index is -4.12. The van der Waals surface area contributed by atoms with E-state index in [1.54, 1.807) is 0 Å². The first-order valence-corrected chi connectivity index (χ1v) is 7.67. The molecule has 0 aromatic heterocycles. The van der Waals surface area contributed by atoms with Gasteiger partial charge >= 0.3 is 6.61 Å². The average Bonchev–Trinajstić information content (AvgIpc) is 2.43. The molecular formula is C13H9ClF3NO3S. The number of para-hydroxylation sites is 1. The van der Waals surface area contributed by atoms with Gasteiger partial charge in [-0.15, -0.1) is 0 Å². The quantitative estimate of drug-likeness (QED) is 0.889. The van der Waals surface area contributed by atoms with Gasteiger partial charge in [0, 0.05) is 0 Å². The molecule has 0 unspecified atom stereocenters. The zero-order valence-electron chi connectivity index (χ0n) is 10.8. The summed E-state index contributed by atoms with van der Waals surface area (Å²) in [6.45, 7) is -3.09. The summed E-state index contributed by atoms with van der Waals surface area (Å²) in [7, 11) is -4.12. The van der Waals surface area contributed by atoms with Crippen LogP contribution in [0.15, 0.2) is 47.4 Å². The van der Waals surface area contributed by atoms with Crippen molar-refractivity contribution >= 4 is 27.3 Å². The van der Waals surface area contributed by atoms with Crippen LogP contribution in [0.5, 0.6) is 5.75 Å². The monoisotopic (exact) mass is 351 g/mol. The van der Waals surface area contributed by atoms with Gasteiger partial charge in [-0.1, -0.05) is 23.7 Å². The van der Waals surface area contributed by atoms with E-state index in [9.17, 15) is 21.6 Å². The fraction of sp³-hybridized carbons (Fsp3) is 0.0769. The summed E-state index contributed by atoms with van der Waals surface area (Å²) < 4.78 is 68.1. The van der Waals surface area contributed by atoms with Crippen LogP contribution in [0.3, 0.4) is 0 Å². The molecule has 0 aliphatic heterocycles. The van der Waals surface area contributed by atoms with Crippen LogP contribution in [0, 0.1) is 5.82 Å². The van der Waals surface area contributed by atoms with Crippen molar-refractivity contribution in [3.8, 4) is 5.75 Å². The maximum Gasteiger partial charge on any atom is 0.387 e. The van der Waals surface area contributed by atoms with E-state index in [1.165, 1.54) is 18.2 Å². The number of rotatable bonds is 5. The van der Waals surface area contributed by atoms with Crippen LogP contribution >= 0.6 is 11.6 Å². The molecule has 0 aliphatic carbocycles. The summed E-state index contributed by atoms with van der Waals surface area (Å²) in [6.07, 6.45) is 0. The highest BCUT2D eigenvalue weighted by Gasteiger charge is 2.18. The van der Waals surface area contributed by atoms with Crippen LogP contribution in [0.2, 0.25) is 5.02 Å². The summed E-state index contributed by atoms with van der Waals surface area (Å²) in [5.74, 6) is -1.11. The Hall–Kier alpha value is -1.93. The summed E-state index contributed by atoms with van der Waals surface area (Å²) in [4.78, 5) is -0.317. The molecule has 0 radical (unpaired) electrons. The van der Waals surface area contributed by atoms with Crippen molar-refractivity contribution in [3.05, 3.63) is 53.3 Å². The lowest BCUT2D eigenvalue weighted by atomic mass is 10.3. The third kappa shape index (κ3) is 3.83. The lowest BCUT2D eigenvalue weighted by Crippen LogP contribution is -2.14. The Kier molecular flexibility index (Phi) is 4.82. The molecule has 1 N–H and O–H groups in total. The molecule has 9 heteroatoms. The van der Waals surface area contributed by atoms with Crippen LogP contribution in [-0.4, -0.2) is 15.0 Å². The lowest BCUT2D eigenvalue weighted by molar-refractivity contribution is -0.0498. The maximum absolute atomic E-state index is 13.5. The second-order valence-electron chi connectivity index (χ2n) is 4.06. The molecule has 118 valence electrons. The zero-order chi connectivity index (χ0) is 16.3. The number of hydrogen-bond acceptors (Lipinski definition) is 3. The molecule has 0 atom stereocenters. The second-order valence-corrected chi connectivity index (χ2v) is 6.15. The first kappa shape index (κ1) is 16.4. The molecule has 0 aliphatic rings. The van der Waals surface area contributed by atoms with Crippen molar-refractivity contribution < 1.29 is 26.3 Å². The molecule has 0 fully saturated rings. The number of anilines is 1. The standard InChI is InChI=1S/C13H9ClF3NO3S/c14-9-7-8(5-6-12(9)21-13(16)17)22(19,20)18-11-4-2-1-3-10(11)15/h1-7,13,18H. The molecule has 0 heterocycles. The fourth-order valence-electron chi connectivity index (χ4n) is 1.59. The number of ether oxygens (including phenoxy) is 1. The minimum Gasteiger partial charge on any atom is -0.433 e.